The maximum absolute atomic E-state index is 11.5. The third kappa shape index (κ3) is 2.33. The van der Waals surface area contributed by atoms with Crippen LogP contribution in [0.25, 0.3) is 5.65 Å². The quantitative estimate of drug-likeness (QED) is 0.738. The molecule has 0 saturated heterocycles. The summed E-state index contributed by atoms with van der Waals surface area (Å²) >= 11 is 0. The molecule has 4 N–H and O–H groups in total. The molecule has 2 aromatic heterocycles. The Morgan fingerprint density at radius 3 is 3.00 bits per heavy atom. The number of nitrogens with two attached hydrogens (primary N) is 1. The summed E-state index contributed by atoms with van der Waals surface area (Å²) in [6.45, 7) is 0.574. The lowest BCUT2D eigenvalue weighted by atomic mass is 9.98. The minimum Gasteiger partial charge on any atom is -0.364 e. The van der Waals surface area contributed by atoms with Gasteiger partial charge in [0, 0.05) is 12.6 Å². The molecule has 1 unspecified atom stereocenters. The standard InChI is InChI=1S/C12H18N6O/c13-7-9(8-3-1-2-4-8)14-10-5-6-11-15-16-12(19)18(11)17-10/h5-6,8-9H,1-4,7,13H2,(H,14,17)(H,16,19). The van der Waals surface area contributed by atoms with Crippen molar-refractivity contribution < 1.29 is 0 Å². The molecule has 0 aliphatic heterocycles. The highest BCUT2D eigenvalue weighted by Crippen LogP contribution is 2.28. The summed E-state index contributed by atoms with van der Waals surface area (Å²) in [5.74, 6) is 1.27. The smallest absolute Gasteiger partial charge is 0.364 e. The van der Waals surface area contributed by atoms with Gasteiger partial charge in [0.05, 0.1) is 0 Å². The van der Waals surface area contributed by atoms with Gasteiger partial charge >= 0.3 is 5.69 Å². The van der Waals surface area contributed by atoms with E-state index in [0.29, 0.717) is 23.9 Å². The van der Waals surface area contributed by atoms with Gasteiger partial charge in [0.1, 0.15) is 5.82 Å². The molecular formula is C12H18N6O. The summed E-state index contributed by atoms with van der Waals surface area (Å²) in [5, 5.41) is 13.8. The summed E-state index contributed by atoms with van der Waals surface area (Å²) in [4.78, 5) is 11.5. The summed E-state index contributed by atoms with van der Waals surface area (Å²) in [6.07, 6.45) is 4.97. The van der Waals surface area contributed by atoms with Gasteiger partial charge in [0.2, 0.25) is 0 Å². The number of rotatable bonds is 4. The van der Waals surface area contributed by atoms with E-state index in [1.165, 1.54) is 30.2 Å². The van der Waals surface area contributed by atoms with Crippen molar-refractivity contribution in [2.75, 3.05) is 11.9 Å². The molecule has 0 amide bonds. The highest BCUT2D eigenvalue weighted by Gasteiger charge is 2.24. The van der Waals surface area contributed by atoms with Crippen LogP contribution in [0.2, 0.25) is 0 Å². The van der Waals surface area contributed by atoms with E-state index < -0.39 is 0 Å². The fourth-order valence-electron chi connectivity index (χ4n) is 2.80. The summed E-state index contributed by atoms with van der Waals surface area (Å²) < 4.78 is 1.25. The van der Waals surface area contributed by atoms with Gasteiger partial charge in [-0.1, -0.05) is 12.8 Å². The second kappa shape index (κ2) is 5.00. The molecule has 7 heteroatoms. The van der Waals surface area contributed by atoms with E-state index in [9.17, 15) is 4.79 Å². The molecule has 1 aliphatic carbocycles. The number of nitrogens with zero attached hydrogens (tertiary/aromatic N) is 3. The first-order chi connectivity index (χ1) is 9.28. The Morgan fingerprint density at radius 2 is 2.26 bits per heavy atom. The number of hydrogen-bond acceptors (Lipinski definition) is 5. The normalized spacial score (nSPS) is 17.9. The monoisotopic (exact) mass is 262 g/mol. The fraction of sp³-hybridized carbons (Fsp3) is 0.583. The molecule has 2 heterocycles. The van der Waals surface area contributed by atoms with Crippen molar-refractivity contribution in [3.63, 3.8) is 0 Å². The largest absolute Gasteiger partial charge is 0.364 e. The zero-order valence-corrected chi connectivity index (χ0v) is 10.7. The van der Waals surface area contributed by atoms with Gasteiger partial charge < -0.3 is 11.1 Å². The molecule has 0 aromatic carbocycles. The number of aromatic amines is 1. The highest BCUT2D eigenvalue weighted by atomic mass is 16.2. The third-order valence-corrected chi connectivity index (χ3v) is 3.83. The van der Waals surface area contributed by atoms with E-state index in [2.05, 4.69) is 20.6 Å². The Labute approximate surface area is 110 Å². The van der Waals surface area contributed by atoms with Crippen molar-refractivity contribution in [2.24, 2.45) is 11.7 Å². The van der Waals surface area contributed by atoms with E-state index in [4.69, 9.17) is 5.73 Å². The zero-order chi connectivity index (χ0) is 13.2. The minimum atomic E-state index is -0.330. The Kier molecular flexibility index (Phi) is 3.20. The topological polar surface area (TPSA) is 101 Å². The number of hydrogen-bond donors (Lipinski definition) is 3. The fourth-order valence-corrected chi connectivity index (χ4v) is 2.80. The Bertz CT molecular complexity index is 612. The van der Waals surface area contributed by atoms with Crippen molar-refractivity contribution in [1.29, 1.82) is 0 Å². The van der Waals surface area contributed by atoms with Crippen LogP contribution < -0.4 is 16.7 Å². The van der Waals surface area contributed by atoms with Crippen LogP contribution in [0.1, 0.15) is 25.7 Å². The first kappa shape index (κ1) is 12.2. The predicted molar refractivity (Wildman–Crippen MR) is 72.0 cm³/mol. The van der Waals surface area contributed by atoms with Gasteiger partial charge in [0.15, 0.2) is 5.65 Å². The van der Waals surface area contributed by atoms with Crippen molar-refractivity contribution >= 4 is 11.5 Å². The number of fused-ring (bicyclic) bond motifs is 1. The van der Waals surface area contributed by atoms with Crippen LogP contribution in [0.15, 0.2) is 16.9 Å². The second-order valence-electron chi connectivity index (χ2n) is 5.05. The lowest BCUT2D eigenvalue weighted by Gasteiger charge is -2.23. The number of aromatic nitrogens is 4. The van der Waals surface area contributed by atoms with Crippen LogP contribution in [0, 0.1) is 5.92 Å². The van der Waals surface area contributed by atoms with Crippen LogP contribution in [-0.4, -0.2) is 32.4 Å². The molecule has 19 heavy (non-hydrogen) atoms. The molecule has 0 radical (unpaired) electrons. The molecule has 1 fully saturated rings. The van der Waals surface area contributed by atoms with Crippen molar-refractivity contribution in [1.82, 2.24) is 19.8 Å². The van der Waals surface area contributed by atoms with E-state index in [1.54, 1.807) is 6.07 Å². The van der Waals surface area contributed by atoms with Crippen LogP contribution in [0.3, 0.4) is 0 Å². The molecule has 3 rings (SSSR count). The molecule has 7 nitrogen and oxygen atoms in total. The molecule has 2 aromatic rings. The molecule has 0 spiro atoms. The Hall–Kier alpha value is -1.89. The van der Waals surface area contributed by atoms with Crippen molar-refractivity contribution in [3.05, 3.63) is 22.6 Å². The van der Waals surface area contributed by atoms with Gasteiger partial charge in [0.25, 0.3) is 0 Å². The predicted octanol–water partition coefficient (Wildman–Crippen LogP) is 0.347. The SMILES string of the molecule is NCC(Nc1ccc2n[nH]c(=O)n2n1)C1CCCC1. The minimum absolute atomic E-state index is 0.218. The lowest BCUT2D eigenvalue weighted by molar-refractivity contribution is 0.460. The molecular weight excluding hydrogens is 244 g/mol. The highest BCUT2D eigenvalue weighted by molar-refractivity contribution is 5.43. The number of nitrogens with one attached hydrogen (secondary N) is 2. The van der Waals surface area contributed by atoms with Gasteiger partial charge in [-0.25, -0.2) is 9.89 Å². The van der Waals surface area contributed by atoms with Gasteiger partial charge in [-0.15, -0.1) is 5.10 Å². The first-order valence-corrected chi connectivity index (χ1v) is 6.69. The summed E-state index contributed by atoms with van der Waals surface area (Å²) in [6, 6.07) is 3.80. The lowest BCUT2D eigenvalue weighted by Crippen LogP contribution is -2.35. The van der Waals surface area contributed by atoms with E-state index in [0.717, 1.165) is 0 Å². The van der Waals surface area contributed by atoms with E-state index >= 15 is 0 Å². The Balaban J connectivity index is 1.82. The second-order valence-corrected chi connectivity index (χ2v) is 5.05. The van der Waals surface area contributed by atoms with Crippen LogP contribution in [0.4, 0.5) is 5.82 Å². The molecule has 1 aliphatic rings. The third-order valence-electron chi connectivity index (χ3n) is 3.83. The summed E-state index contributed by atoms with van der Waals surface area (Å²) in [5.41, 5.74) is 6.03. The van der Waals surface area contributed by atoms with E-state index in [-0.39, 0.29) is 11.7 Å². The zero-order valence-electron chi connectivity index (χ0n) is 10.7. The molecule has 1 saturated carbocycles. The number of H-pyrrole nitrogens is 1. The average Bonchev–Trinajstić information content (AvgIpc) is 3.07. The van der Waals surface area contributed by atoms with Crippen molar-refractivity contribution in [2.45, 2.75) is 31.7 Å². The van der Waals surface area contributed by atoms with Gasteiger partial charge in [-0.3, -0.25) is 0 Å². The van der Waals surface area contributed by atoms with Crippen LogP contribution in [0.5, 0.6) is 0 Å². The van der Waals surface area contributed by atoms with Gasteiger partial charge in [-0.2, -0.15) is 9.61 Å². The van der Waals surface area contributed by atoms with Gasteiger partial charge in [-0.05, 0) is 30.9 Å². The number of anilines is 1. The van der Waals surface area contributed by atoms with Crippen LogP contribution in [-0.2, 0) is 0 Å². The van der Waals surface area contributed by atoms with Crippen molar-refractivity contribution in [3.8, 4) is 0 Å². The maximum atomic E-state index is 11.5. The average molecular weight is 262 g/mol. The van der Waals surface area contributed by atoms with E-state index in [1.807, 2.05) is 6.07 Å². The Morgan fingerprint density at radius 1 is 1.47 bits per heavy atom. The molecule has 102 valence electrons. The maximum Gasteiger partial charge on any atom is 0.364 e. The van der Waals surface area contributed by atoms with Crippen LogP contribution >= 0.6 is 0 Å². The first-order valence-electron chi connectivity index (χ1n) is 6.69. The summed E-state index contributed by atoms with van der Waals surface area (Å²) in [7, 11) is 0. The molecule has 0 bridgehead atoms. The molecule has 1 atom stereocenters.